The molecule has 6 nitrogen and oxygen atoms in total. The summed E-state index contributed by atoms with van der Waals surface area (Å²) in [5.41, 5.74) is 17.5. The lowest BCUT2D eigenvalue weighted by Gasteiger charge is -2.34. The molecule has 17 rings (SSSR count). The minimum absolute atomic E-state index is 0.0897. The first-order chi connectivity index (χ1) is 36.6. The van der Waals surface area contributed by atoms with E-state index in [1.807, 2.05) is 60.3 Å². The van der Waals surface area contributed by atoms with Crippen molar-refractivity contribution in [3.63, 3.8) is 0 Å². The van der Waals surface area contributed by atoms with Crippen molar-refractivity contribution in [2.24, 2.45) is 0 Å². The average molecular weight is 966 g/mol. The first kappa shape index (κ1) is 40.3. The van der Waals surface area contributed by atoms with Crippen LogP contribution in [0.3, 0.4) is 0 Å². The fourth-order valence-corrected chi connectivity index (χ4v) is 13.4. The van der Waals surface area contributed by atoms with Crippen LogP contribution in [0.4, 0.5) is 17.1 Å². The normalized spacial score (nSPS) is 12.9. The van der Waals surface area contributed by atoms with E-state index in [4.69, 9.17) is 22.4 Å². The number of furan rings is 4. The summed E-state index contributed by atoms with van der Waals surface area (Å²) in [5, 5.41) is 8.51. The molecule has 0 radical (unpaired) electrons. The summed E-state index contributed by atoms with van der Waals surface area (Å²) in [6.45, 7) is -0.0897. The molecule has 0 atom stereocenters. The molecule has 0 saturated carbocycles. The zero-order valence-corrected chi connectivity index (χ0v) is 40.1. The predicted octanol–water partition coefficient (Wildman–Crippen LogP) is 17.2. The molecule has 8 heteroatoms. The van der Waals surface area contributed by atoms with Crippen molar-refractivity contribution in [2.45, 2.75) is 9.79 Å². The van der Waals surface area contributed by atoms with Gasteiger partial charge in [-0.2, -0.15) is 0 Å². The van der Waals surface area contributed by atoms with Gasteiger partial charge in [0.05, 0.1) is 0 Å². The molecule has 0 aliphatic carbocycles. The predicted molar refractivity (Wildman–Crippen MR) is 303 cm³/mol. The lowest BCUT2D eigenvalue weighted by Crippen LogP contribution is -2.57. The maximum absolute atomic E-state index is 7.25. The molecule has 0 fully saturated rings. The molecule has 344 valence electrons. The Morgan fingerprint density at radius 2 is 0.905 bits per heavy atom. The second-order valence-corrected chi connectivity index (χ2v) is 20.5. The molecule has 15 aromatic rings. The van der Waals surface area contributed by atoms with Crippen LogP contribution in [0.1, 0.15) is 0 Å². The van der Waals surface area contributed by atoms with E-state index in [1.54, 1.807) is 0 Å². The molecule has 0 N–H and O–H groups in total. The summed E-state index contributed by atoms with van der Waals surface area (Å²) < 4.78 is 33.7. The molecule has 0 spiro atoms. The summed E-state index contributed by atoms with van der Waals surface area (Å²) in [6.07, 6.45) is 0. The molecule has 2 aliphatic rings. The Morgan fingerprint density at radius 3 is 1.62 bits per heavy atom. The van der Waals surface area contributed by atoms with Crippen LogP contribution in [-0.4, -0.2) is 6.71 Å². The Bertz CT molecular complexity index is 4840. The highest BCUT2D eigenvalue weighted by molar-refractivity contribution is 8.00. The Kier molecular flexibility index (Phi) is 8.21. The number of anilines is 3. The van der Waals surface area contributed by atoms with E-state index in [1.165, 1.54) is 15.8 Å². The number of hydrogen-bond acceptors (Lipinski definition) is 7. The van der Waals surface area contributed by atoms with Gasteiger partial charge in [-0.25, -0.2) is 0 Å². The second kappa shape index (κ2) is 15.1. The standard InChI is InChI=1S/C66H36BNO5S/c1-3-13-40(14-4-1)68(41-15-5-2-6-16-41)42-25-28-49-59(35-42)74-60-34-39(37-23-26-46-55(31-37)71-54-30-29-53-61(62(46)54)43-17-7-10-20-50(43)69-53)33-58-65(60)67(49)48-27-24-38(32-56(48)72-58)47-36-57-63(44-18-8-11-21-51(44)70-57)64-45-19-9-12-22-52(45)73-66(47)64/h1-36H. The maximum Gasteiger partial charge on any atom is 0.253 e. The van der Waals surface area contributed by atoms with Gasteiger partial charge < -0.3 is 27.3 Å². The fourth-order valence-electron chi connectivity index (χ4n) is 12.1. The largest absolute Gasteiger partial charge is 0.458 e. The van der Waals surface area contributed by atoms with Crippen LogP contribution < -0.4 is 26.0 Å². The zero-order valence-electron chi connectivity index (χ0n) is 39.3. The number of benzene rings is 11. The smallest absolute Gasteiger partial charge is 0.253 e. The van der Waals surface area contributed by atoms with Crippen molar-refractivity contribution in [2.75, 3.05) is 4.90 Å². The number of hydrogen-bond donors (Lipinski definition) is 0. The molecule has 0 saturated heterocycles. The van der Waals surface area contributed by atoms with E-state index < -0.39 is 0 Å². The van der Waals surface area contributed by atoms with Gasteiger partial charge in [0.1, 0.15) is 56.2 Å². The fraction of sp³-hybridized carbons (Fsp3) is 0. The Balaban J connectivity index is 0.861. The van der Waals surface area contributed by atoms with E-state index >= 15 is 0 Å². The summed E-state index contributed by atoms with van der Waals surface area (Å²) >= 11 is 1.81. The number of nitrogens with zero attached hydrogens (tertiary/aromatic N) is 1. The maximum atomic E-state index is 7.25. The third kappa shape index (κ3) is 5.74. The minimum Gasteiger partial charge on any atom is -0.458 e. The summed E-state index contributed by atoms with van der Waals surface area (Å²) in [5.74, 6) is 1.64. The zero-order chi connectivity index (χ0) is 48.2. The van der Waals surface area contributed by atoms with Gasteiger partial charge in [-0.3, -0.25) is 0 Å². The summed E-state index contributed by atoms with van der Waals surface area (Å²) in [7, 11) is 0. The third-order valence-electron chi connectivity index (χ3n) is 15.4. The highest BCUT2D eigenvalue weighted by atomic mass is 32.2. The van der Waals surface area contributed by atoms with E-state index in [9.17, 15) is 0 Å². The lowest BCUT2D eigenvalue weighted by molar-refractivity contribution is 0.486. The number of rotatable bonds is 5. The first-order valence-corrected chi connectivity index (χ1v) is 25.7. The molecular weight excluding hydrogens is 930 g/mol. The van der Waals surface area contributed by atoms with Gasteiger partial charge in [0.15, 0.2) is 0 Å². The summed E-state index contributed by atoms with van der Waals surface area (Å²) in [6, 6.07) is 76.9. The van der Waals surface area contributed by atoms with E-state index in [0.29, 0.717) is 0 Å². The van der Waals surface area contributed by atoms with Crippen molar-refractivity contribution < 1.29 is 22.4 Å². The van der Waals surface area contributed by atoms with Gasteiger partial charge in [0, 0.05) is 75.5 Å². The molecule has 4 aromatic heterocycles. The SMILES string of the molecule is c1ccc(N(c2ccccc2)c2ccc3c(c2)Sc2cc(-c4ccc5c(c4)oc4ccc6oc7ccccc7c6c45)cc4c2B3c2ccc(-c3cc5oc6ccccc6c5c5c3oc3ccccc35)cc2O4)cc1. The number of fused-ring (bicyclic) bond motifs is 18. The highest BCUT2D eigenvalue weighted by Gasteiger charge is 2.40. The Hall–Kier alpha value is -9.37. The Labute approximate surface area is 426 Å². The second-order valence-electron chi connectivity index (χ2n) is 19.4. The van der Waals surface area contributed by atoms with Crippen LogP contribution in [0, 0.1) is 0 Å². The van der Waals surface area contributed by atoms with Gasteiger partial charge in [-0.05, 0) is 131 Å². The van der Waals surface area contributed by atoms with Crippen LogP contribution in [0.2, 0.25) is 0 Å². The van der Waals surface area contributed by atoms with Crippen molar-refractivity contribution in [1.29, 1.82) is 0 Å². The average Bonchev–Trinajstić information content (AvgIpc) is 4.23. The number of ether oxygens (including phenoxy) is 1. The van der Waals surface area contributed by atoms with Gasteiger partial charge >= 0.3 is 0 Å². The van der Waals surface area contributed by atoms with Crippen LogP contribution in [0.15, 0.2) is 246 Å². The molecule has 2 aliphatic heterocycles. The molecule has 0 amide bonds. The number of para-hydroxylation sites is 5. The van der Waals surface area contributed by atoms with Crippen LogP contribution >= 0.6 is 11.8 Å². The summed E-state index contributed by atoms with van der Waals surface area (Å²) in [4.78, 5) is 4.69. The van der Waals surface area contributed by atoms with Gasteiger partial charge in [0.25, 0.3) is 6.71 Å². The minimum atomic E-state index is -0.0897. The highest BCUT2D eigenvalue weighted by Crippen LogP contribution is 2.48. The van der Waals surface area contributed by atoms with Crippen molar-refractivity contribution in [3.8, 4) is 33.8 Å². The molecular formula is C66H36BNO5S. The van der Waals surface area contributed by atoms with E-state index in [2.05, 4.69) is 175 Å². The van der Waals surface area contributed by atoms with Crippen LogP contribution in [-0.2, 0) is 0 Å². The van der Waals surface area contributed by atoms with Gasteiger partial charge in [-0.1, -0.05) is 132 Å². The topological polar surface area (TPSA) is 65.0 Å². The first-order valence-electron chi connectivity index (χ1n) is 24.9. The molecule has 0 unspecified atom stereocenters. The van der Waals surface area contributed by atoms with Crippen molar-refractivity contribution in [1.82, 2.24) is 0 Å². The molecule has 74 heavy (non-hydrogen) atoms. The monoisotopic (exact) mass is 965 g/mol. The molecule has 11 aromatic carbocycles. The quantitative estimate of drug-likeness (QED) is 0.159. The van der Waals surface area contributed by atoms with Crippen molar-refractivity contribution in [3.05, 3.63) is 218 Å². The molecule has 6 heterocycles. The lowest BCUT2D eigenvalue weighted by atomic mass is 9.35. The van der Waals surface area contributed by atoms with Crippen LogP contribution in [0.25, 0.3) is 110 Å². The Morgan fingerprint density at radius 1 is 0.338 bits per heavy atom. The third-order valence-corrected chi connectivity index (χ3v) is 16.5. The van der Waals surface area contributed by atoms with Crippen molar-refractivity contribution >= 4 is 140 Å². The van der Waals surface area contributed by atoms with Crippen LogP contribution in [0.5, 0.6) is 11.5 Å². The van der Waals surface area contributed by atoms with E-state index in [-0.39, 0.29) is 6.71 Å². The van der Waals surface area contributed by atoms with E-state index in [0.717, 1.165) is 149 Å². The van der Waals surface area contributed by atoms with Gasteiger partial charge in [0.2, 0.25) is 0 Å². The van der Waals surface area contributed by atoms with Gasteiger partial charge in [-0.15, -0.1) is 0 Å². The molecule has 0 bridgehead atoms.